The van der Waals surface area contributed by atoms with Crippen molar-refractivity contribution in [2.75, 3.05) is 12.9 Å². The van der Waals surface area contributed by atoms with E-state index in [0.29, 0.717) is 11.3 Å². The Morgan fingerprint density at radius 3 is 2.88 bits per heavy atom. The van der Waals surface area contributed by atoms with E-state index >= 15 is 0 Å². The molecular weight excluding hydrogens is 239 g/mol. The van der Waals surface area contributed by atoms with Gasteiger partial charge < -0.3 is 4.74 Å². The first-order valence-corrected chi connectivity index (χ1v) is 6.58. The van der Waals surface area contributed by atoms with E-state index in [0.717, 1.165) is 18.6 Å². The van der Waals surface area contributed by atoms with Gasteiger partial charge in [-0.1, -0.05) is 0 Å². The standard InChI is InChI=1S/C13H15FO2S/c1-13(6-3-7-17-13)12(15)10-8-9(14)4-5-11(10)16-2/h4-5,8H,3,6-7H2,1-2H3. The first-order valence-electron chi connectivity index (χ1n) is 5.59. The number of benzene rings is 1. The first kappa shape index (κ1) is 12.4. The number of halogens is 1. The summed E-state index contributed by atoms with van der Waals surface area (Å²) in [7, 11) is 1.49. The van der Waals surface area contributed by atoms with Crippen molar-refractivity contribution in [2.24, 2.45) is 0 Å². The van der Waals surface area contributed by atoms with Crippen LogP contribution < -0.4 is 4.74 Å². The van der Waals surface area contributed by atoms with Crippen LogP contribution in [0.25, 0.3) is 0 Å². The van der Waals surface area contributed by atoms with Crippen molar-refractivity contribution in [1.29, 1.82) is 0 Å². The molecule has 17 heavy (non-hydrogen) atoms. The molecule has 1 unspecified atom stereocenters. The Bertz CT molecular complexity index is 439. The molecule has 2 nitrogen and oxygen atoms in total. The molecule has 1 saturated heterocycles. The lowest BCUT2D eigenvalue weighted by Crippen LogP contribution is -2.29. The zero-order valence-corrected chi connectivity index (χ0v) is 10.8. The fraction of sp³-hybridized carbons (Fsp3) is 0.462. The van der Waals surface area contributed by atoms with E-state index in [2.05, 4.69) is 0 Å². The zero-order chi connectivity index (χ0) is 12.5. The SMILES string of the molecule is COc1ccc(F)cc1C(=O)C1(C)CCCS1. The molecule has 1 heterocycles. The van der Waals surface area contributed by atoms with Gasteiger partial charge in [-0.3, -0.25) is 4.79 Å². The molecule has 0 N–H and O–H groups in total. The number of hydrogen-bond donors (Lipinski definition) is 0. The van der Waals surface area contributed by atoms with Crippen LogP contribution in [0.3, 0.4) is 0 Å². The predicted octanol–water partition coefficient (Wildman–Crippen LogP) is 3.30. The Balaban J connectivity index is 2.39. The summed E-state index contributed by atoms with van der Waals surface area (Å²) < 4.78 is 17.9. The van der Waals surface area contributed by atoms with Crippen LogP contribution in [0.4, 0.5) is 4.39 Å². The molecule has 0 aliphatic carbocycles. The van der Waals surface area contributed by atoms with Gasteiger partial charge in [0.2, 0.25) is 0 Å². The van der Waals surface area contributed by atoms with E-state index in [9.17, 15) is 9.18 Å². The van der Waals surface area contributed by atoms with Gasteiger partial charge in [-0.25, -0.2) is 4.39 Å². The van der Waals surface area contributed by atoms with Gasteiger partial charge in [-0.15, -0.1) is 11.8 Å². The molecule has 1 aliphatic rings. The molecule has 0 aromatic heterocycles. The number of carbonyl (C=O) groups excluding carboxylic acids is 1. The lowest BCUT2D eigenvalue weighted by Gasteiger charge is -2.22. The number of carbonyl (C=O) groups is 1. The van der Waals surface area contributed by atoms with E-state index in [4.69, 9.17) is 4.74 Å². The van der Waals surface area contributed by atoms with Crippen LogP contribution >= 0.6 is 11.8 Å². The van der Waals surface area contributed by atoms with Crippen molar-refractivity contribution in [3.8, 4) is 5.75 Å². The van der Waals surface area contributed by atoms with E-state index in [-0.39, 0.29) is 5.78 Å². The Hall–Kier alpha value is -1.03. The number of thioether (sulfide) groups is 1. The summed E-state index contributed by atoms with van der Waals surface area (Å²) in [5, 5.41) is 0. The normalized spacial score (nSPS) is 23.7. The number of ketones is 1. The molecule has 2 rings (SSSR count). The highest BCUT2D eigenvalue weighted by Crippen LogP contribution is 2.41. The second kappa shape index (κ2) is 4.69. The Labute approximate surface area is 105 Å². The van der Waals surface area contributed by atoms with Crippen LogP contribution in [-0.4, -0.2) is 23.4 Å². The van der Waals surface area contributed by atoms with Gasteiger partial charge in [0.1, 0.15) is 11.6 Å². The second-order valence-electron chi connectivity index (χ2n) is 4.36. The maximum Gasteiger partial charge on any atom is 0.182 e. The van der Waals surface area contributed by atoms with E-state index in [1.807, 2.05) is 6.92 Å². The van der Waals surface area contributed by atoms with Crippen LogP contribution in [0, 0.1) is 5.82 Å². The molecule has 1 atom stereocenters. The van der Waals surface area contributed by atoms with E-state index < -0.39 is 10.6 Å². The fourth-order valence-corrected chi connectivity index (χ4v) is 3.37. The van der Waals surface area contributed by atoms with Crippen LogP contribution in [-0.2, 0) is 0 Å². The average molecular weight is 254 g/mol. The molecule has 1 aromatic carbocycles. The quantitative estimate of drug-likeness (QED) is 0.774. The summed E-state index contributed by atoms with van der Waals surface area (Å²) in [6, 6.07) is 4.08. The predicted molar refractivity (Wildman–Crippen MR) is 67.4 cm³/mol. The van der Waals surface area contributed by atoms with Crippen molar-refractivity contribution in [3.05, 3.63) is 29.6 Å². The van der Waals surface area contributed by atoms with Crippen molar-refractivity contribution in [2.45, 2.75) is 24.5 Å². The third kappa shape index (κ3) is 2.32. The molecule has 0 amide bonds. The first-order chi connectivity index (χ1) is 8.07. The smallest absolute Gasteiger partial charge is 0.182 e. The minimum atomic E-state index is -0.429. The number of hydrogen-bond acceptors (Lipinski definition) is 3. The van der Waals surface area contributed by atoms with Crippen LogP contribution in [0.2, 0.25) is 0 Å². The topological polar surface area (TPSA) is 26.3 Å². The highest BCUT2D eigenvalue weighted by atomic mass is 32.2. The lowest BCUT2D eigenvalue weighted by atomic mass is 9.94. The van der Waals surface area contributed by atoms with Gasteiger partial charge in [-0.05, 0) is 43.7 Å². The average Bonchev–Trinajstić information content (AvgIpc) is 2.76. The number of Topliss-reactive ketones (excluding diaryl/α,β-unsaturated/α-hetero) is 1. The molecule has 1 fully saturated rings. The molecule has 0 spiro atoms. The number of methoxy groups -OCH3 is 1. The lowest BCUT2D eigenvalue weighted by molar-refractivity contribution is 0.0945. The summed E-state index contributed by atoms with van der Waals surface area (Å²) in [6.07, 6.45) is 1.88. The van der Waals surface area contributed by atoms with Gasteiger partial charge in [0.05, 0.1) is 17.4 Å². The summed E-state index contributed by atoms with van der Waals surface area (Å²) in [5.41, 5.74) is 0.351. The summed E-state index contributed by atoms with van der Waals surface area (Å²) in [4.78, 5) is 12.4. The molecule has 1 aliphatic heterocycles. The summed E-state index contributed by atoms with van der Waals surface area (Å²) in [6.45, 7) is 1.93. The third-order valence-electron chi connectivity index (χ3n) is 3.11. The van der Waals surface area contributed by atoms with Gasteiger partial charge in [0.15, 0.2) is 5.78 Å². The minimum absolute atomic E-state index is 0.0312. The minimum Gasteiger partial charge on any atom is -0.496 e. The highest BCUT2D eigenvalue weighted by molar-refractivity contribution is 8.01. The van der Waals surface area contributed by atoms with Crippen LogP contribution in [0.1, 0.15) is 30.1 Å². The number of rotatable bonds is 3. The zero-order valence-electron chi connectivity index (χ0n) is 9.96. The molecule has 0 radical (unpaired) electrons. The largest absolute Gasteiger partial charge is 0.496 e. The molecule has 0 bridgehead atoms. The van der Waals surface area contributed by atoms with Gasteiger partial charge in [-0.2, -0.15) is 0 Å². The fourth-order valence-electron chi connectivity index (χ4n) is 2.10. The second-order valence-corrected chi connectivity index (χ2v) is 5.95. The molecule has 1 aromatic rings. The third-order valence-corrected chi connectivity index (χ3v) is 4.62. The van der Waals surface area contributed by atoms with Gasteiger partial charge in [0.25, 0.3) is 0 Å². The Morgan fingerprint density at radius 2 is 2.29 bits per heavy atom. The van der Waals surface area contributed by atoms with Crippen LogP contribution in [0.15, 0.2) is 18.2 Å². The molecule has 4 heteroatoms. The molecule has 0 saturated carbocycles. The summed E-state index contributed by atoms with van der Waals surface area (Å²) >= 11 is 1.65. The van der Waals surface area contributed by atoms with Gasteiger partial charge >= 0.3 is 0 Å². The number of ether oxygens (including phenoxy) is 1. The van der Waals surface area contributed by atoms with Gasteiger partial charge in [0, 0.05) is 0 Å². The monoisotopic (exact) mass is 254 g/mol. The van der Waals surface area contributed by atoms with Crippen molar-refractivity contribution >= 4 is 17.5 Å². The molecular formula is C13H15FO2S. The van der Waals surface area contributed by atoms with Crippen molar-refractivity contribution in [1.82, 2.24) is 0 Å². The van der Waals surface area contributed by atoms with E-state index in [1.165, 1.54) is 25.3 Å². The van der Waals surface area contributed by atoms with Crippen molar-refractivity contribution < 1.29 is 13.9 Å². The Morgan fingerprint density at radius 1 is 1.53 bits per heavy atom. The summed E-state index contributed by atoms with van der Waals surface area (Å²) in [5.74, 6) is 1.00. The molecule has 92 valence electrons. The van der Waals surface area contributed by atoms with Crippen LogP contribution in [0.5, 0.6) is 5.75 Å². The maximum absolute atomic E-state index is 13.2. The highest BCUT2D eigenvalue weighted by Gasteiger charge is 2.38. The Kier molecular flexibility index (Phi) is 3.43. The van der Waals surface area contributed by atoms with Crippen molar-refractivity contribution in [3.63, 3.8) is 0 Å². The maximum atomic E-state index is 13.2. The van der Waals surface area contributed by atoms with E-state index in [1.54, 1.807) is 11.8 Å².